The summed E-state index contributed by atoms with van der Waals surface area (Å²) in [5.74, 6) is -1.03. The SMILES string of the molecule is COC(C)=O.O=C(O)Cc1ccccc1. The van der Waals surface area contributed by atoms with E-state index in [4.69, 9.17) is 5.11 Å². The van der Waals surface area contributed by atoms with Crippen molar-refractivity contribution < 1.29 is 19.4 Å². The van der Waals surface area contributed by atoms with Gasteiger partial charge in [0, 0.05) is 6.92 Å². The Morgan fingerprint density at radius 2 is 1.73 bits per heavy atom. The average molecular weight is 210 g/mol. The smallest absolute Gasteiger partial charge is 0.307 e. The predicted octanol–water partition coefficient (Wildman–Crippen LogP) is 1.49. The molecule has 15 heavy (non-hydrogen) atoms. The third kappa shape index (κ3) is 8.49. The Balaban J connectivity index is 0.000000336. The first kappa shape index (κ1) is 13.2. The van der Waals surface area contributed by atoms with Gasteiger partial charge in [-0.3, -0.25) is 9.59 Å². The van der Waals surface area contributed by atoms with Crippen molar-refractivity contribution in [1.82, 2.24) is 0 Å². The highest BCUT2D eigenvalue weighted by atomic mass is 16.5. The monoisotopic (exact) mass is 210 g/mol. The number of esters is 1. The van der Waals surface area contributed by atoms with Gasteiger partial charge in [-0.25, -0.2) is 0 Å². The highest BCUT2D eigenvalue weighted by Crippen LogP contribution is 1.98. The van der Waals surface area contributed by atoms with E-state index in [1.54, 1.807) is 12.1 Å². The summed E-state index contributed by atoms with van der Waals surface area (Å²) in [5.41, 5.74) is 0.843. The van der Waals surface area contributed by atoms with Crippen LogP contribution in [0.2, 0.25) is 0 Å². The van der Waals surface area contributed by atoms with E-state index in [1.165, 1.54) is 14.0 Å². The lowest BCUT2D eigenvalue weighted by Crippen LogP contribution is -1.98. The number of hydrogen-bond donors (Lipinski definition) is 1. The molecule has 0 amide bonds. The molecule has 1 aromatic rings. The molecule has 0 spiro atoms. The van der Waals surface area contributed by atoms with Crippen molar-refractivity contribution >= 4 is 11.9 Å². The molecule has 0 aliphatic heterocycles. The Bertz CT molecular complexity index is 306. The molecule has 0 bridgehead atoms. The minimum atomic E-state index is -0.786. The predicted molar refractivity (Wildman–Crippen MR) is 55.5 cm³/mol. The van der Waals surface area contributed by atoms with Crippen LogP contribution in [0.5, 0.6) is 0 Å². The van der Waals surface area contributed by atoms with Crippen LogP contribution in [0.15, 0.2) is 30.3 Å². The Hall–Kier alpha value is -1.84. The number of hydrogen-bond acceptors (Lipinski definition) is 3. The van der Waals surface area contributed by atoms with Crippen molar-refractivity contribution in [2.75, 3.05) is 7.11 Å². The summed E-state index contributed by atoms with van der Waals surface area (Å²) in [4.78, 5) is 19.8. The molecule has 1 N–H and O–H groups in total. The van der Waals surface area contributed by atoms with Gasteiger partial charge < -0.3 is 9.84 Å². The molecule has 0 radical (unpaired) electrons. The summed E-state index contributed by atoms with van der Waals surface area (Å²) in [6.07, 6.45) is 0.112. The average Bonchev–Trinajstić information content (AvgIpc) is 2.19. The Kier molecular flexibility index (Phi) is 6.63. The number of ether oxygens (including phenoxy) is 1. The molecule has 0 aliphatic rings. The van der Waals surface area contributed by atoms with Gasteiger partial charge in [-0.1, -0.05) is 30.3 Å². The summed E-state index contributed by atoms with van der Waals surface area (Å²) >= 11 is 0. The van der Waals surface area contributed by atoms with E-state index in [9.17, 15) is 9.59 Å². The summed E-state index contributed by atoms with van der Waals surface area (Å²) in [6, 6.07) is 9.13. The number of rotatable bonds is 2. The maximum absolute atomic E-state index is 10.2. The van der Waals surface area contributed by atoms with Gasteiger partial charge in [-0.05, 0) is 5.56 Å². The Morgan fingerprint density at radius 3 is 2.07 bits per heavy atom. The molecule has 0 saturated carbocycles. The van der Waals surface area contributed by atoms with Crippen LogP contribution in [0.4, 0.5) is 0 Å². The fraction of sp³-hybridized carbons (Fsp3) is 0.273. The topological polar surface area (TPSA) is 63.6 Å². The standard InChI is InChI=1S/C8H8O2.C3H6O2/c9-8(10)6-7-4-2-1-3-5-7;1-3(4)5-2/h1-5H,6H2,(H,9,10);1-2H3. The summed E-state index contributed by atoms with van der Waals surface area (Å²) < 4.78 is 4.11. The Labute approximate surface area is 88.5 Å². The fourth-order valence-corrected chi connectivity index (χ4v) is 0.770. The van der Waals surface area contributed by atoms with E-state index in [2.05, 4.69) is 4.74 Å². The zero-order valence-corrected chi connectivity index (χ0v) is 8.77. The largest absolute Gasteiger partial charge is 0.481 e. The number of aliphatic carboxylic acids is 1. The number of benzene rings is 1. The van der Waals surface area contributed by atoms with Crippen molar-refractivity contribution in [3.8, 4) is 0 Å². The van der Waals surface area contributed by atoms with Gasteiger partial charge in [0.2, 0.25) is 0 Å². The van der Waals surface area contributed by atoms with E-state index in [0.29, 0.717) is 0 Å². The second kappa shape index (κ2) is 7.55. The van der Waals surface area contributed by atoms with Gasteiger partial charge in [0.15, 0.2) is 0 Å². The lowest BCUT2D eigenvalue weighted by atomic mass is 10.2. The molecule has 1 rings (SSSR count). The van der Waals surface area contributed by atoms with Gasteiger partial charge in [0.1, 0.15) is 0 Å². The number of carbonyl (C=O) groups is 2. The van der Waals surface area contributed by atoms with Crippen LogP contribution in [0.25, 0.3) is 0 Å². The zero-order chi connectivity index (χ0) is 11.7. The molecule has 0 saturated heterocycles. The highest BCUT2D eigenvalue weighted by molar-refractivity contribution is 5.70. The van der Waals surface area contributed by atoms with Crippen molar-refractivity contribution in [2.24, 2.45) is 0 Å². The summed E-state index contributed by atoms with van der Waals surface area (Å²) in [5, 5.41) is 8.37. The third-order valence-corrected chi connectivity index (χ3v) is 1.49. The zero-order valence-electron chi connectivity index (χ0n) is 8.77. The minimum absolute atomic E-state index is 0.112. The first-order chi connectivity index (χ1) is 7.06. The minimum Gasteiger partial charge on any atom is -0.481 e. The molecular weight excluding hydrogens is 196 g/mol. The first-order valence-electron chi connectivity index (χ1n) is 4.36. The maximum Gasteiger partial charge on any atom is 0.307 e. The molecule has 4 heteroatoms. The normalized spacial score (nSPS) is 8.40. The third-order valence-electron chi connectivity index (χ3n) is 1.49. The van der Waals surface area contributed by atoms with Crippen LogP contribution in [-0.4, -0.2) is 24.2 Å². The van der Waals surface area contributed by atoms with E-state index < -0.39 is 5.97 Å². The molecule has 4 nitrogen and oxygen atoms in total. The molecular formula is C11H14O4. The lowest BCUT2D eigenvalue weighted by molar-refractivity contribution is -0.138. The highest BCUT2D eigenvalue weighted by Gasteiger charge is 1.96. The number of methoxy groups -OCH3 is 1. The van der Waals surface area contributed by atoms with Crippen molar-refractivity contribution in [3.05, 3.63) is 35.9 Å². The molecule has 0 fully saturated rings. The van der Waals surface area contributed by atoms with Crippen molar-refractivity contribution in [2.45, 2.75) is 13.3 Å². The van der Waals surface area contributed by atoms with Crippen molar-refractivity contribution in [1.29, 1.82) is 0 Å². The van der Waals surface area contributed by atoms with Crippen LogP contribution in [0.3, 0.4) is 0 Å². The van der Waals surface area contributed by atoms with Crippen LogP contribution in [0, 0.1) is 0 Å². The number of carboxylic acids is 1. The molecule has 82 valence electrons. The number of carbonyl (C=O) groups excluding carboxylic acids is 1. The fourth-order valence-electron chi connectivity index (χ4n) is 0.770. The summed E-state index contributed by atoms with van der Waals surface area (Å²) in [7, 11) is 1.35. The first-order valence-corrected chi connectivity index (χ1v) is 4.36. The maximum atomic E-state index is 10.2. The molecule has 0 aromatic heterocycles. The van der Waals surface area contributed by atoms with Gasteiger partial charge in [0.25, 0.3) is 0 Å². The van der Waals surface area contributed by atoms with Crippen LogP contribution < -0.4 is 0 Å². The number of carboxylic acid groups (broad SMARTS) is 1. The van der Waals surface area contributed by atoms with E-state index in [-0.39, 0.29) is 12.4 Å². The van der Waals surface area contributed by atoms with Crippen molar-refractivity contribution in [3.63, 3.8) is 0 Å². The van der Waals surface area contributed by atoms with E-state index in [0.717, 1.165) is 5.56 Å². The second-order valence-electron chi connectivity index (χ2n) is 2.75. The lowest BCUT2D eigenvalue weighted by Gasteiger charge is -1.92. The van der Waals surface area contributed by atoms with E-state index in [1.807, 2.05) is 18.2 Å². The van der Waals surface area contributed by atoms with Gasteiger partial charge >= 0.3 is 11.9 Å². The van der Waals surface area contributed by atoms with Gasteiger partial charge in [-0.15, -0.1) is 0 Å². The summed E-state index contributed by atoms with van der Waals surface area (Å²) in [6.45, 7) is 1.36. The van der Waals surface area contributed by atoms with E-state index >= 15 is 0 Å². The van der Waals surface area contributed by atoms with Crippen LogP contribution >= 0.6 is 0 Å². The molecule has 0 heterocycles. The Morgan fingerprint density at radius 1 is 1.27 bits per heavy atom. The quantitative estimate of drug-likeness (QED) is 0.751. The molecule has 0 atom stereocenters. The van der Waals surface area contributed by atoms with Gasteiger partial charge in [-0.2, -0.15) is 0 Å². The van der Waals surface area contributed by atoms with Crippen LogP contribution in [0.1, 0.15) is 12.5 Å². The molecule has 0 unspecified atom stereocenters. The van der Waals surface area contributed by atoms with Gasteiger partial charge in [0.05, 0.1) is 13.5 Å². The molecule has 1 aromatic carbocycles. The van der Waals surface area contributed by atoms with Crippen LogP contribution in [-0.2, 0) is 20.7 Å². The molecule has 0 aliphatic carbocycles. The second-order valence-corrected chi connectivity index (χ2v) is 2.75.